The zero-order valence-electron chi connectivity index (χ0n) is 12.0. The Morgan fingerprint density at radius 2 is 1.96 bits per heavy atom. The van der Waals surface area contributed by atoms with Crippen LogP contribution < -0.4 is 0 Å². The number of rotatable bonds is 4. The van der Waals surface area contributed by atoms with Gasteiger partial charge in [-0.3, -0.25) is 10.1 Å². The standard InChI is InChI=1S/C16H9ClN2O5/c17-12(7-9-1-3-10(4-2-9)16(20)21)15-18-13-8-11(19(22)23)5-6-14(13)24-15/h1-8H,(H,20,21)/b12-7+. The SMILES string of the molecule is O=C(O)c1ccc(/C=C(/Cl)c2nc3cc([N+](=O)[O-])ccc3o2)cc1. The molecule has 2 aromatic carbocycles. The third-order valence-corrected chi connectivity index (χ3v) is 3.51. The van der Waals surface area contributed by atoms with E-state index in [1.807, 2.05) is 0 Å². The van der Waals surface area contributed by atoms with Crippen molar-refractivity contribution in [1.82, 2.24) is 4.98 Å². The molecule has 0 atom stereocenters. The number of benzene rings is 2. The maximum absolute atomic E-state index is 10.8. The van der Waals surface area contributed by atoms with Gasteiger partial charge in [-0.05, 0) is 29.8 Å². The Morgan fingerprint density at radius 3 is 2.58 bits per heavy atom. The topological polar surface area (TPSA) is 106 Å². The first-order chi connectivity index (χ1) is 11.4. The first-order valence-corrected chi connectivity index (χ1v) is 7.08. The van der Waals surface area contributed by atoms with E-state index in [2.05, 4.69) is 4.98 Å². The van der Waals surface area contributed by atoms with Crippen molar-refractivity contribution in [2.45, 2.75) is 0 Å². The van der Waals surface area contributed by atoms with Gasteiger partial charge in [0.05, 0.1) is 10.5 Å². The van der Waals surface area contributed by atoms with E-state index in [0.29, 0.717) is 16.7 Å². The number of nitro groups is 1. The van der Waals surface area contributed by atoms with Crippen LogP contribution in [0.1, 0.15) is 21.8 Å². The van der Waals surface area contributed by atoms with E-state index in [0.717, 1.165) is 0 Å². The van der Waals surface area contributed by atoms with Gasteiger partial charge in [0, 0.05) is 12.1 Å². The fourth-order valence-corrected chi connectivity index (χ4v) is 2.27. The zero-order valence-corrected chi connectivity index (χ0v) is 12.7. The molecule has 0 bridgehead atoms. The molecule has 1 heterocycles. The second-order valence-corrected chi connectivity index (χ2v) is 5.25. The predicted octanol–water partition coefficient (Wildman–Crippen LogP) is 4.17. The third-order valence-electron chi connectivity index (χ3n) is 3.24. The summed E-state index contributed by atoms with van der Waals surface area (Å²) < 4.78 is 5.47. The molecule has 24 heavy (non-hydrogen) atoms. The van der Waals surface area contributed by atoms with Crippen LogP contribution in [0.5, 0.6) is 0 Å². The van der Waals surface area contributed by atoms with Crippen molar-refractivity contribution in [2.75, 3.05) is 0 Å². The number of hydrogen-bond donors (Lipinski definition) is 1. The van der Waals surface area contributed by atoms with Gasteiger partial charge in [0.15, 0.2) is 5.58 Å². The smallest absolute Gasteiger partial charge is 0.335 e. The van der Waals surface area contributed by atoms with Gasteiger partial charge in [-0.15, -0.1) is 0 Å². The van der Waals surface area contributed by atoms with Gasteiger partial charge in [-0.1, -0.05) is 23.7 Å². The molecule has 3 aromatic rings. The number of carboxylic acids is 1. The van der Waals surface area contributed by atoms with Gasteiger partial charge < -0.3 is 9.52 Å². The van der Waals surface area contributed by atoms with Gasteiger partial charge in [0.2, 0.25) is 5.89 Å². The molecule has 3 rings (SSSR count). The average Bonchev–Trinajstić information content (AvgIpc) is 2.98. The number of fused-ring (bicyclic) bond motifs is 1. The molecule has 0 aliphatic rings. The highest BCUT2D eigenvalue weighted by Gasteiger charge is 2.13. The Balaban J connectivity index is 1.93. The Labute approximate surface area is 140 Å². The summed E-state index contributed by atoms with van der Waals surface area (Å²) in [6.45, 7) is 0. The van der Waals surface area contributed by atoms with Crippen molar-refractivity contribution in [1.29, 1.82) is 0 Å². The van der Waals surface area contributed by atoms with Crippen LogP contribution in [-0.4, -0.2) is 21.0 Å². The maximum Gasteiger partial charge on any atom is 0.335 e. The summed E-state index contributed by atoms with van der Waals surface area (Å²) in [5.74, 6) is -0.897. The monoisotopic (exact) mass is 344 g/mol. The lowest BCUT2D eigenvalue weighted by molar-refractivity contribution is -0.384. The van der Waals surface area contributed by atoms with Crippen LogP contribution in [0.2, 0.25) is 0 Å². The number of hydrogen-bond acceptors (Lipinski definition) is 5. The number of halogens is 1. The minimum atomic E-state index is -1.02. The van der Waals surface area contributed by atoms with Gasteiger partial charge >= 0.3 is 5.97 Å². The van der Waals surface area contributed by atoms with Gasteiger partial charge in [-0.2, -0.15) is 0 Å². The van der Waals surface area contributed by atoms with E-state index >= 15 is 0 Å². The van der Waals surface area contributed by atoms with Crippen LogP contribution in [0.25, 0.3) is 22.2 Å². The predicted molar refractivity (Wildman–Crippen MR) is 87.8 cm³/mol. The van der Waals surface area contributed by atoms with Gasteiger partial charge in [-0.25, -0.2) is 9.78 Å². The number of aromatic carboxylic acids is 1. The third kappa shape index (κ3) is 3.11. The molecule has 1 aromatic heterocycles. The number of carboxylic acid groups (broad SMARTS) is 1. The Hall–Kier alpha value is -3.19. The van der Waals surface area contributed by atoms with Crippen molar-refractivity contribution in [3.05, 3.63) is 69.6 Å². The number of non-ortho nitro benzene ring substituents is 1. The first-order valence-electron chi connectivity index (χ1n) is 6.70. The average molecular weight is 345 g/mol. The van der Waals surface area contributed by atoms with Crippen molar-refractivity contribution in [3.63, 3.8) is 0 Å². The van der Waals surface area contributed by atoms with Crippen LogP contribution in [0.15, 0.2) is 46.9 Å². The van der Waals surface area contributed by atoms with Crippen LogP contribution in [0, 0.1) is 10.1 Å². The molecule has 0 aliphatic heterocycles. The molecule has 0 aliphatic carbocycles. The number of nitro benzene ring substituents is 1. The van der Waals surface area contributed by atoms with Gasteiger partial charge in [0.1, 0.15) is 10.5 Å². The van der Waals surface area contributed by atoms with Crippen molar-refractivity contribution >= 4 is 45.5 Å². The van der Waals surface area contributed by atoms with Crippen LogP contribution in [-0.2, 0) is 0 Å². The fraction of sp³-hybridized carbons (Fsp3) is 0. The minimum absolute atomic E-state index is 0.0910. The van der Waals surface area contributed by atoms with Crippen LogP contribution >= 0.6 is 11.6 Å². The second-order valence-electron chi connectivity index (χ2n) is 4.85. The molecular formula is C16H9ClN2O5. The number of carbonyl (C=O) groups is 1. The second kappa shape index (κ2) is 6.13. The van der Waals surface area contributed by atoms with Crippen LogP contribution in [0.3, 0.4) is 0 Å². The van der Waals surface area contributed by atoms with E-state index in [-0.39, 0.29) is 22.2 Å². The molecule has 7 nitrogen and oxygen atoms in total. The highest BCUT2D eigenvalue weighted by molar-refractivity contribution is 6.50. The summed E-state index contributed by atoms with van der Waals surface area (Å²) >= 11 is 6.17. The van der Waals surface area contributed by atoms with Crippen molar-refractivity contribution in [3.8, 4) is 0 Å². The molecule has 0 fully saturated rings. The number of oxazole rings is 1. The Morgan fingerprint density at radius 1 is 1.25 bits per heavy atom. The van der Waals surface area contributed by atoms with Crippen LogP contribution in [0.4, 0.5) is 5.69 Å². The largest absolute Gasteiger partial charge is 0.478 e. The van der Waals surface area contributed by atoms with Crippen molar-refractivity contribution in [2.24, 2.45) is 0 Å². The molecule has 1 N–H and O–H groups in total. The van der Waals surface area contributed by atoms with E-state index in [4.69, 9.17) is 21.1 Å². The molecule has 0 saturated carbocycles. The Bertz CT molecular complexity index is 976. The minimum Gasteiger partial charge on any atom is -0.478 e. The fourth-order valence-electron chi connectivity index (χ4n) is 2.06. The number of nitrogens with zero attached hydrogens (tertiary/aromatic N) is 2. The lowest BCUT2D eigenvalue weighted by Gasteiger charge is -1.97. The van der Waals surface area contributed by atoms with Gasteiger partial charge in [0.25, 0.3) is 5.69 Å². The maximum atomic E-state index is 10.8. The molecular weight excluding hydrogens is 336 g/mol. The van der Waals surface area contributed by atoms with E-state index < -0.39 is 10.9 Å². The highest BCUT2D eigenvalue weighted by atomic mass is 35.5. The normalized spacial score (nSPS) is 11.6. The molecule has 0 radical (unpaired) electrons. The van der Waals surface area contributed by atoms with E-state index in [1.54, 1.807) is 18.2 Å². The highest BCUT2D eigenvalue weighted by Crippen LogP contribution is 2.27. The quantitative estimate of drug-likeness (QED) is 0.562. The molecule has 0 unspecified atom stereocenters. The Kier molecular flexibility index (Phi) is 4.01. The summed E-state index contributed by atoms with van der Waals surface area (Å²) in [5, 5.41) is 19.8. The zero-order chi connectivity index (χ0) is 17.3. The van der Waals surface area contributed by atoms with E-state index in [9.17, 15) is 14.9 Å². The van der Waals surface area contributed by atoms with E-state index in [1.165, 1.54) is 30.3 Å². The summed E-state index contributed by atoms with van der Waals surface area (Å²) in [5.41, 5.74) is 1.44. The number of aromatic nitrogens is 1. The lowest BCUT2D eigenvalue weighted by Crippen LogP contribution is -1.94. The summed E-state index contributed by atoms with van der Waals surface area (Å²) in [7, 11) is 0. The molecule has 120 valence electrons. The summed E-state index contributed by atoms with van der Waals surface area (Å²) in [4.78, 5) is 25.2. The summed E-state index contributed by atoms with van der Waals surface area (Å²) in [6.07, 6.45) is 1.56. The first kappa shape index (κ1) is 15.7. The molecule has 0 saturated heterocycles. The molecule has 8 heteroatoms. The summed E-state index contributed by atoms with van der Waals surface area (Å²) in [6, 6.07) is 10.2. The van der Waals surface area contributed by atoms with Crippen molar-refractivity contribution < 1.29 is 19.2 Å². The molecule has 0 amide bonds. The lowest BCUT2D eigenvalue weighted by atomic mass is 10.1. The molecule has 0 spiro atoms.